The molecule has 0 bridgehead atoms. The van der Waals surface area contributed by atoms with Gasteiger partial charge in [0.2, 0.25) is 5.95 Å². The summed E-state index contributed by atoms with van der Waals surface area (Å²) in [4.78, 5) is 8.31. The lowest BCUT2D eigenvalue weighted by molar-refractivity contribution is 0.281. The zero-order valence-electron chi connectivity index (χ0n) is 8.57. The summed E-state index contributed by atoms with van der Waals surface area (Å²) < 4.78 is 2.10. The third kappa shape index (κ3) is 2.36. The van der Waals surface area contributed by atoms with Crippen LogP contribution in [0.25, 0.3) is 10.2 Å². The van der Waals surface area contributed by atoms with Crippen LogP contribution in [0.2, 0.25) is 0 Å². The van der Waals surface area contributed by atoms with E-state index in [1.807, 2.05) is 13.0 Å². The van der Waals surface area contributed by atoms with Gasteiger partial charge in [0.05, 0.1) is 19.7 Å². The van der Waals surface area contributed by atoms with E-state index in [0.717, 1.165) is 13.1 Å². The first-order valence-electron chi connectivity index (χ1n) is 4.70. The van der Waals surface area contributed by atoms with Crippen molar-refractivity contribution in [2.45, 2.75) is 13.0 Å². The second-order valence-corrected chi connectivity index (χ2v) is 6.37. The number of anilines is 2. The molecule has 0 saturated carbocycles. The van der Waals surface area contributed by atoms with E-state index in [4.69, 9.17) is 10.8 Å². The van der Waals surface area contributed by atoms with Crippen LogP contribution in [0.3, 0.4) is 0 Å². The normalized spacial score (nSPS) is 12.9. The zero-order chi connectivity index (χ0) is 11.7. The second-order valence-electron chi connectivity index (χ2n) is 3.42. The first kappa shape index (κ1) is 11.8. The van der Waals surface area contributed by atoms with Gasteiger partial charge < -0.3 is 16.2 Å². The van der Waals surface area contributed by atoms with Gasteiger partial charge in [-0.2, -0.15) is 4.98 Å². The molecule has 2 heterocycles. The number of nitrogens with two attached hydrogens (primary N) is 1. The summed E-state index contributed by atoms with van der Waals surface area (Å²) in [5, 5.41) is 12.1. The first-order valence-corrected chi connectivity index (χ1v) is 6.59. The minimum Gasteiger partial charge on any atom is -0.394 e. The number of nitrogens with zero attached hydrogens (tertiary/aromatic N) is 2. The molecule has 4 N–H and O–H groups in total. The quantitative estimate of drug-likeness (QED) is 0.734. The molecule has 0 amide bonds. The van der Waals surface area contributed by atoms with E-state index in [0.29, 0.717) is 5.82 Å². The van der Waals surface area contributed by atoms with E-state index >= 15 is 0 Å². The van der Waals surface area contributed by atoms with E-state index < -0.39 is 0 Å². The summed E-state index contributed by atoms with van der Waals surface area (Å²) in [6.45, 7) is 1.93. The van der Waals surface area contributed by atoms with E-state index in [2.05, 4.69) is 37.9 Å². The van der Waals surface area contributed by atoms with Crippen LogP contribution in [0.1, 0.15) is 6.92 Å². The lowest BCUT2D eigenvalue weighted by Crippen LogP contribution is -2.20. The summed E-state index contributed by atoms with van der Waals surface area (Å²) in [5.74, 6) is 0.936. The molecule has 16 heavy (non-hydrogen) atoms. The number of nitrogens with one attached hydrogen (secondary N) is 1. The lowest BCUT2D eigenvalue weighted by atomic mass is 10.3. The third-order valence-corrected chi connectivity index (χ3v) is 3.91. The van der Waals surface area contributed by atoms with Gasteiger partial charge in [-0.25, -0.2) is 4.98 Å². The van der Waals surface area contributed by atoms with Gasteiger partial charge >= 0.3 is 0 Å². The molecule has 0 aromatic carbocycles. The minimum absolute atomic E-state index is 0.0495. The van der Waals surface area contributed by atoms with Crippen LogP contribution in [0.4, 0.5) is 11.8 Å². The Hall–Kier alpha value is -0.670. The fourth-order valence-corrected chi connectivity index (χ4v) is 3.03. The van der Waals surface area contributed by atoms with E-state index in [1.54, 1.807) is 11.3 Å². The van der Waals surface area contributed by atoms with Crippen molar-refractivity contribution in [1.82, 2.24) is 9.97 Å². The molecule has 0 fully saturated rings. The Kier molecular flexibility index (Phi) is 3.45. The maximum atomic E-state index is 9.01. The monoisotopic (exact) mass is 350 g/mol. The molecule has 7 heteroatoms. The van der Waals surface area contributed by atoms with Crippen molar-refractivity contribution in [3.8, 4) is 0 Å². The predicted molar refractivity (Wildman–Crippen MR) is 74.7 cm³/mol. The fraction of sp³-hybridized carbons (Fsp3) is 0.333. The molecule has 0 radical (unpaired) electrons. The van der Waals surface area contributed by atoms with Gasteiger partial charge in [-0.3, -0.25) is 0 Å². The maximum absolute atomic E-state index is 9.01. The number of fused-ring (bicyclic) bond motifs is 1. The summed E-state index contributed by atoms with van der Waals surface area (Å²) in [6.07, 6.45) is 0. The van der Waals surface area contributed by atoms with Crippen LogP contribution < -0.4 is 11.1 Å². The molecule has 0 saturated heterocycles. The SMILES string of the molecule is C[C@@H](CO)Nc1nc(N)nc2cc(I)sc12. The molecule has 0 spiro atoms. The first-order chi connectivity index (χ1) is 7.60. The lowest BCUT2D eigenvalue weighted by Gasteiger charge is -2.12. The molecule has 2 aromatic heterocycles. The Morgan fingerprint density at radius 3 is 3.06 bits per heavy atom. The molecule has 0 aliphatic rings. The topological polar surface area (TPSA) is 84.1 Å². The van der Waals surface area contributed by atoms with Crippen molar-refractivity contribution in [3.05, 3.63) is 8.95 Å². The second kappa shape index (κ2) is 4.68. The molecule has 5 nitrogen and oxygen atoms in total. The van der Waals surface area contributed by atoms with Crippen LogP contribution in [0.5, 0.6) is 0 Å². The Balaban J connectivity index is 2.49. The molecule has 1 atom stereocenters. The number of halogens is 1. The highest BCUT2D eigenvalue weighted by atomic mass is 127. The number of thiophene rings is 1. The average molecular weight is 350 g/mol. The van der Waals surface area contributed by atoms with Crippen molar-refractivity contribution in [1.29, 1.82) is 0 Å². The van der Waals surface area contributed by atoms with Gasteiger partial charge in [0, 0.05) is 6.04 Å². The van der Waals surface area contributed by atoms with Crippen LogP contribution in [0.15, 0.2) is 6.07 Å². The highest BCUT2D eigenvalue weighted by Gasteiger charge is 2.11. The summed E-state index contributed by atoms with van der Waals surface area (Å²) >= 11 is 3.84. The summed E-state index contributed by atoms with van der Waals surface area (Å²) in [6, 6.07) is 1.91. The Morgan fingerprint density at radius 2 is 2.38 bits per heavy atom. The molecule has 86 valence electrons. The number of nitrogen functional groups attached to an aromatic ring is 1. The molecule has 0 aliphatic heterocycles. The number of aromatic nitrogens is 2. The van der Waals surface area contributed by atoms with Gasteiger partial charge in [0.25, 0.3) is 0 Å². The van der Waals surface area contributed by atoms with Crippen LogP contribution in [-0.2, 0) is 0 Å². The largest absolute Gasteiger partial charge is 0.394 e. The standard InChI is InChI=1S/C9H11IN4OS/c1-4(3-15)12-8-7-5(2-6(10)16-7)13-9(11)14-8/h2,4,15H,3H2,1H3,(H3,11,12,13,14)/t4-/m0/s1. The van der Waals surface area contributed by atoms with Crippen molar-refractivity contribution < 1.29 is 5.11 Å². The predicted octanol–water partition coefficient (Wildman–Crippen LogP) is 1.67. The maximum Gasteiger partial charge on any atom is 0.222 e. The molecule has 2 rings (SSSR count). The number of hydrogen-bond donors (Lipinski definition) is 3. The number of aliphatic hydroxyl groups excluding tert-OH is 1. The van der Waals surface area contributed by atoms with Gasteiger partial charge in [-0.15, -0.1) is 11.3 Å². The van der Waals surface area contributed by atoms with E-state index in [-0.39, 0.29) is 18.6 Å². The Labute approximate surface area is 110 Å². The Morgan fingerprint density at radius 1 is 1.62 bits per heavy atom. The summed E-state index contributed by atoms with van der Waals surface area (Å²) in [5.41, 5.74) is 6.47. The highest BCUT2D eigenvalue weighted by Crippen LogP contribution is 2.31. The molecular formula is C9H11IN4OS. The van der Waals surface area contributed by atoms with E-state index in [1.165, 1.54) is 0 Å². The van der Waals surface area contributed by atoms with Crippen LogP contribution in [-0.4, -0.2) is 27.7 Å². The van der Waals surface area contributed by atoms with Crippen molar-refractivity contribution in [2.75, 3.05) is 17.7 Å². The summed E-state index contributed by atoms with van der Waals surface area (Å²) in [7, 11) is 0. The number of rotatable bonds is 3. The zero-order valence-corrected chi connectivity index (χ0v) is 11.5. The Bertz CT molecular complexity index is 515. The van der Waals surface area contributed by atoms with Gasteiger partial charge in [-0.1, -0.05) is 0 Å². The number of hydrogen-bond acceptors (Lipinski definition) is 6. The number of aliphatic hydroxyl groups is 1. The highest BCUT2D eigenvalue weighted by molar-refractivity contribution is 14.1. The van der Waals surface area contributed by atoms with Gasteiger partial charge in [0.1, 0.15) is 5.82 Å². The van der Waals surface area contributed by atoms with Crippen molar-refractivity contribution in [3.63, 3.8) is 0 Å². The minimum atomic E-state index is -0.0581. The molecular weight excluding hydrogens is 339 g/mol. The van der Waals surface area contributed by atoms with Crippen LogP contribution >= 0.6 is 33.9 Å². The van der Waals surface area contributed by atoms with Gasteiger partial charge in [0.15, 0.2) is 0 Å². The van der Waals surface area contributed by atoms with Gasteiger partial charge in [-0.05, 0) is 35.6 Å². The van der Waals surface area contributed by atoms with Crippen molar-refractivity contribution in [2.24, 2.45) is 0 Å². The van der Waals surface area contributed by atoms with Crippen molar-refractivity contribution >= 4 is 55.9 Å². The third-order valence-electron chi connectivity index (χ3n) is 2.02. The molecule has 0 aliphatic carbocycles. The fourth-order valence-electron chi connectivity index (χ4n) is 1.30. The smallest absolute Gasteiger partial charge is 0.222 e. The molecule has 2 aromatic rings. The van der Waals surface area contributed by atoms with E-state index in [9.17, 15) is 0 Å². The average Bonchev–Trinajstić information content (AvgIpc) is 2.58. The van der Waals surface area contributed by atoms with Crippen LogP contribution in [0, 0.1) is 2.88 Å². The molecule has 0 unspecified atom stereocenters.